The Hall–Kier alpha value is -1.59. The average Bonchev–Trinajstić information content (AvgIpc) is 2.92. The predicted octanol–water partition coefficient (Wildman–Crippen LogP) is 2.40. The van der Waals surface area contributed by atoms with Crippen LogP contribution in [-0.4, -0.2) is 25.3 Å². The Balaban J connectivity index is 1.70. The van der Waals surface area contributed by atoms with E-state index in [0.717, 1.165) is 37.1 Å². The van der Waals surface area contributed by atoms with Gasteiger partial charge in [-0.25, -0.2) is 4.79 Å². The van der Waals surface area contributed by atoms with Gasteiger partial charge >= 0.3 is 6.03 Å². The molecule has 0 aromatic heterocycles. The molecule has 20 heavy (non-hydrogen) atoms. The van der Waals surface area contributed by atoms with E-state index in [9.17, 15) is 4.79 Å². The fourth-order valence-corrected chi connectivity index (χ4v) is 2.26. The number of nitrogens with two attached hydrogens (primary N) is 1. The van der Waals surface area contributed by atoms with Crippen molar-refractivity contribution in [2.24, 2.45) is 5.73 Å². The number of hydrogen-bond donors (Lipinski definition) is 3. The third kappa shape index (κ3) is 4.51. The second kappa shape index (κ2) is 7.26. The molecule has 0 bridgehead atoms. The number of benzene rings is 1. The van der Waals surface area contributed by atoms with Gasteiger partial charge in [-0.05, 0) is 43.9 Å². The molecule has 1 saturated heterocycles. The van der Waals surface area contributed by atoms with Crippen LogP contribution in [0.25, 0.3) is 0 Å². The number of hydrogen-bond acceptors (Lipinski definition) is 3. The van der Waals surface area contributed by atoms with E-state index in [1.807, 2.05) is 31.2 Å². The van der Waals surface area contributed by atoms with Gasteiger partial charge in [0.15, 0.2) is 0 Å². The molecule has 0 radical (unpaired) electrons. The summed E-state index contributed by atoms with van der Waals surface area (Å²) in [5.74, 6) is 0. The standard InChI is InChI=1S/C15H23N3O2/c1-11(16)12-4-6-13(7-5-12)18-15(19)17-9-8-14-3-2-10-20-14/h4-7,11,14H,2-3,8-10,16H2,1H3,(H2,17,18,19). The van der Waals surface area contributed by atoms with Crippen LogP contribution >= 0.6 is 0 Å². The molecule has 5 nitrogen and oxygen atoms in total. The van der Waals surface area contributed by atoms with Crippen molar-refractivity contribution in [3.05, 3.63) is 29.8 Å². The molecule has 1 heterocycles. The van der Waals surface area contributed by atoms with Crippen molar-refractivity contribution in [2.75, 3.05) is 18.5 Å². The molecule has 1 aliphatic rings. The second-order valence-electron chi connectivity index (χ2n) is 5.22. The highest BCUT2D eigenvalue weighted by atomic mass is 16.5. The van der Waals surface area contributed by atoms with Crippen molar-refractivity contribution in [2.45, 2.75) is 38.3 Å². The lowest BCUT2D eigenvalue weighted by atomic mass is 10.1. The first-order valence-corrected chi connectivity index (χ1v) is 7.17. The minimum atomic E-state index is -0.184. The van der Waals surface area contributed by atoms with Crippen molar-refractivity contribution < 1.29 is 9.53 Å². The summed E-state index contributed by atoms with van der Waals surface area (Å²) in [5.41, 5.74) is 7.60. The minimum Gasteiger partial charge on any atom is -0.378 e. The number of ether oxygens (including phenoxy) is 1. The van der Waals surface area contributed by atoms with Gasteiger partial charge in [0.05, 0.1) is 6.10 Å². The molecule has 0 saturated carbocycles. The highest BCUT2D eigenvalue weighted by molar-refractivity contribution is 5.89. The molecule has 2 unspecified atom stereocenters. The van der Waals surface area contributed by atoms with Gasteiger partial charge in [0.2, 0.25) is 0 Å². The van der Waals surface area contributed by atoms with Gasteiger partial charge in [0, 0.05) is 24.9 Å². The van der Waals surface area contributed by atoms with E-state index >= 15 is 0 Å². The molecular weight excluding hydrogens is 254 g/mol. The SMILES string of the molecule is CC(N)c1ccc(NC(=O)NCCC2CCCO2)cc1. The molecule has 2 rings (SSSR count). The number of amides is 2. The van der Waals surface area contributed by atoms with Crippen molar-refractivity contribution in [1.29, 1.82) is 0 Å². The maximum absolute atomic E-state index is 11.7. The Morgan fingerprint density at radius 1 is 1.45 bits per heavy atom. The number of nitrogens with one attached hydrogen (secondary N) is 2. The molecule has 0 spiro atoms. The molecule has 0 aliphatic carbocycles. The van der Waals surface area contributed by atoms with E-state index < -0.39 is 0 Å². The lowest BCUT2D eigenvalue weighted by molar-refractivity contribution is 0.105. The molecule has 1 aromatic carbocycles. The first-order valence-electron chi connectivity index (χ1n) is 7.17. The highest BCUT2D eigenvalue weighted by Gasteiger charge is 2.15. The highest BCUT2D eigenvalue weighted by Crippen LogP contribution is 2.15. The summed E-state index contributed by atoms with van der Waals surface area (Å²) in [4.78, 5) is 11.7. The Labute approximate surface area is 119 Å². The number of carbonyl (C=O) groups excluding carboxylic acids is 1. The van der Waals surface area contributed by atoms with E-state index in [1.165, 1.54) is 0 Å². The molecule has 2 atom stereocenters. The number of urea groups is 1. The molecule has 1 aliphatic heterocycles. The Kier molecular flexibility index (Phi) is 5.38. The second-order valence-corrected chi connectivity index (χ2v) is 5.22. The summed E-state index contributed by atoms with van der Waals surface area (Å²) in [5, 5.41) is 5.64. The molecule has 4 N–H and O–H groups in total. The molecule has 2 amide bonds. The first kappa shape index (κ1) is 14.8. The van der Waals surface area contributed by atoms with Gasteiger partial charge < -0.3 is 21.1 Å². The lowest BCUT2D eigenvalue weighted by Crippen LogP contribution is -2.31. The van der Waals surface area contributed by atoms with E-state index in [-0.39, 0.29) is 12.1 Å². The number of carbonyl (C=O) groups is 1. The van der Waals surface area contributed by atoms with E-state index in [1.54, 1.807) is 0 Å². The van der Waals surface area contributed by atoms with Crippen LogP contribution in [0.1, 0.15) is 37.8 Å². The van der Waals surface area contributed by atoms with Gasteiger partial charge in [-0.1, -0.05) is 12.1 Å². The van der Waals surface area contributed by atoms with Crippen molar-refractivity contribution >= 4 is 11.7 Å². The Morgan fingerprint density at radius 2 is 2.20 bits per heavy atom. The minimum absolute atomic E-state index is 0.00397. The first-order chi connectivity index (χ1) is 9.65. The van der Waals surface area contributed by atoms with Gasteiger partial charge in [-0.2, -0.15) is 0 Å². The topological polar surface area (TPSA) is 76.4 Å². The molecule has 110 valence electrons. The third-order valence-electron chi connectivity index (χ3n) is 3.47. The fraction of sp³-hybridized carbons (Fsp3) is 0.533. The van der Waals surface area contributed by atoms with Crippen LogP contribution in [0.5, 0.6) is 0 Å². The molecule has 1 aromatic rings. The van der Waals surface area contributed by atoms with Gasteiger partial charge in [0.25, 0.3) is 0 Å². The van der Waals surface area contributed by atoms with Crippen LogP contribution in [0.2, 0.25) is 0 Å². The molecular formula is C15H23N3O2. The molecule has 1 fully saturated rings. The summed E-state index contributed by atoms with van der Waals surface area (Å²) in [6, 6.07) is 7.39. The van der Waals surface area contributed by atoms with E-state index in [4.69, 9.17) is 10.5 Å². The van der Waals surface area contributed by atoms with Crippen LogP contribution in [0.15, 0.2) is 24.3 Å². The zero-order valence-corrected chi connectivity index (χ0v) is 11.9. The quantitative estimate of drug-likeness (QED) is 0.773. The fourth-order valence-electron chi connectivity index (χ4n) is 2.26. The van der Waals surface area contributed by atoms with Gasteiger partial charge in [-0.15, -0.1) is 0 Å². The van der Waals surface area contributed by atoms with Crippen molar-refractivity contribution in [1.82, 2.24) is 5.32 Å². The van der Waals surface area contributed by atoms with Gasteiger partial charge in [-0.3, -0.25) is 0 Å². The monoisotopic (exact) mass is 277 g/mol. The summed E-state index contributed by atoms with van der Waals surface area (Å²) < 4.78 is 5.51. The van der Waals surface area contributed by atoms with Crippen molar-refractivity contribution in [3.8, 4) is 0 Å². The maximum Gasteiger partial charge on any atom is 0.319 e. The number of rotatable bonds is 5. The van der Waals surface area contributed by atoms with Crippen LogP contribution in [0.3, 0.4) is 0 Å². The zero-order valence-electron chi connectivity index (χ0n) is 11.9. The summed E-state index contributed by atoms with van der Waals surface area (Å²) in [6.45, 7) is 3.41. The van der Waals surface area contributed by atoms with Gasteiger partial charge in [0.1, 0.15) is 0 Å². The lowest BCUT2D eigenvalue weighted by Gasteiger charge is -2.11. The van der Waals surface area contributed by atoms with Crippen molar-refractivity contribution in [3.63, 3.8) is 0 Å². The normalized spacial score (nSPS) is 19.6. The largest absolute Gasteiger partial charge is 0.378 e. The zero-order chi connectivity index (χ0) is 14.4. The third-order valence-corrected chi connectivity index (χ3v) is 3.47. The number of anilines is 1. The van der Waals surface area contributed by atoms with E-state index in [2.05, 4.69) is 10.6 Å². The Bertz CT molecular complexity index is 425. The maximum atomic E-state index is 11.7. The summed E-state index contributed by atoms with van der Waals surface area (Å²) in [6.07, 6.45) is 3.41. The average molecular weight is 277 g/mol. The summed E-state index contributed by atoms with van der Waals surface area (Å²) in [7, 11) is 0. The smallest absolute Gasteiger partial charge is 0.319 e. The van der Waals surface area contributed by atoms with Crippen LogP contribution in [0, 0.1) is 0 Å². The van der Waals surface area contributed by atoms with Crippen LogP contribution < -0.4 is 16.4 Å². The van der Waals surface area contributed by atoms with Crippen LogP contribution in [-0.2, 0) is 4.74 Å². The van der Waals surface area contributed by atoms with E-state index in [0.29, 0.717) is 12.6 Å². The summed E-state index contributed by atoms with van der Waals surface area (Å²) >= 11 is 0. The predicted molar refractivity (Wildman–Crippen MR) is 79.7 cm³/mol. The Morgan fingerprint density at radius 3 is 2.80 bits per heavy atom. The molecule has 5 heteroatoms. The van der Waals surface area contributed by atoms with Crippen LogP contribution in [0.4, 0.5) is 10.5 Å².